The summed E-state index contributed by atoms with van der Waals surface area (Å²) in [4.78, 5) is 28.8. The molecule has 30 heavy (non-hydrogen) atoms. The predicted molar refractivity (Wildman–Crippen MR) is 112 cm³/mol. The average molecular weight is 428 g/mol. The number of nitrogens with one attached hydrogen (secondary N) is 2. The Morgan fingerprint density at radius 3 is 2.17 bits per heavy atom. The third-order valence-electron chi connectivity index (χ3n) is 3.91. The number of aromatic nitrogens is 1. The van der Waals surface area contributed by atoms with Gasteiger partial charge >= 0.3 is 6.03 Å². The molecule has 1 heterocycles. The number of amides is 3. The molecule has 0 saturated heterocycles. The van der Waals surface area contributed by atoms with E-state index in [0.29, 0.717) is 22.3 Å². The van der Waals surface area contributed by atoms with Crippen LogP contribution in [-0.4, -0.2) is 31.1 Å². The molecule has 9 heteroatoms. The molecule has 154 valence electrons. The van der Waals surface area contributed by atoms with E-state index < -0.39 is 11.9 Å². The molecule has 0 atom stereocenters. The summed E-state index contributed by atoms with van der Waals surface area (Å²) < 4.78 is 15.9. The Bertz CT molecular complexity index is 1020. The van der Waals surface area contributed by atoms with Gasteiger partial charge in [-0.25, -0.2) is 9.78 Å². The Kier molecular flexibility index (Phi) is 6.71. The minimum Gasteiger partial charge on any atom is -0.496 e. The van der Waals surface area contributed by atoms with Gasteiger partial charge in [-0.1, -0.05) is 17.7 Å². The molecular weight excluding hydrogens is 410 g/mol. The summed E-state index contributed by atoms with van der Waals surface area (Å²) >= 11 is 5.84. The van der Waals surface area contributed by atoms with Crippen LogP contribution < -0.4 is 24.8 Å². The summed E-state index contributed by atoms with van der Waals surface area (Å²) in [6.07, 6.45) is 1.40. The van der Waals surface area contributed by atoms with Gasteiger partial charge in [0, 0.05) is 11.1 Å². The largest absolute Gasteiger partial charge is 0.496 e. The summed E-state index contributed by atoms with van der Waals surface area (Å²) in [5.74, 6) is 0.798. The number of rotatable bonds is 6. The van der Waals surface area contributed by atoms with Crippen molar-refractivity contribution in [1.82, 2.24) is 10.3 Å². The highest BCUT2D eigenvalue weighted by atomic mass is 35.5. The van der Waals surface area contributed by atoms with Crippen LogP contribution in [0.4, 0.5) is 10.5 Å². The number of hydrogen-bond acceptors (Lipinski definition) is 6. The van der Waals surface area contributed by atoms with Gasteiger partial charge in [0.2, 0.25) is 5.88 Å². The molecule has 1 aromatic heterocycles. The smallest absolute Gasteiger partial charge is 0.326 e. The number of carbonyl (C=O) groups excluding carboxylic acids is 2. The molecule has 0 spiro atoms. The van der Waals surface area contributed by atoms with E-state index in [1.165, 1.54) is 20.4 Å². The van der Waals surface area contributed by atoms with E-state index in [-0.39, 0.29) is 17.1 Å². The molecule has 0 aliphatic rings. The third-order valence-corrected chi connectivity index (χ3v) is 4.16. The van der Waals surface area contributed by atoms with Gasteiger partial charge < -0.3 is 19.5 Å². The van der Waals surface area contributed by atoms with Crippen LogP contribution in [0.15, 0.2) is 60.8 Å². The van der Waals surface area contributed by atoms with E-state index in [1.54, 1.807) is 54.6 Å². The van der Waals surface area contributed by atoms with Crippen molar-refractivity contribution in [2.45, 2.75) is 0 Å². The fourth-order valence-corrected chi connectivity index (χ4v) is 2.67. The number of anilines is 1. The van der Waals surface area contributed by atoms with Gasteiger partial charge in [-0.05, 0) is 42.5 Å². The first-order valence-corrected chi connectivity index (χ1v) is 9.10. The number of ether oxygens (including phenoxy) is 3. The highest BCUT2D eigenvalue weighted by Crippen LogP contribution is 2.28. The SMILES string of the molecule is COc1cccc(OC)c1C(=O)NC(=O)Nc1ccc(Oc2ccc(Cl)cc2)nc1. The van der Waals surface area contributed by atoms with Crippen LogP contribution in [0.1, 0.15) is 10.4 Å². The lowest BCUT2D eigenvalue weighted by molar-refractivity contribution is 0.0961. The van der Waals surface area contributed by atoms with Gasteiger partial charge in [0.25, 0.3) is 5.91 Å². The van der Waals surface area contributed by atoms with E-state index in [9.17, 15) is 9.59 Å². The van der Waals surface area contributed by atoms with Gasteiger partial charge in [-0.2, -0.15) is 0 Å². The number of urea groups is 1. The lowest BCUT2D eigenvalue weighted by atomic mass is 10.1. The van der Waals surface area contributed by atoms with Crippen molar-refractivity contribution in [2.75, 3.05) is 19.5 Å². The van der Waals surface area contributed by atoms with E-state index in [2.05, 4.69) is 15.6 Å². The van der Waals surface area contributed by atoms with Gasteiger partial charge in [-0.15, -0.1) is 0 Å². The van der Waals surface area contributed by atoms with Crippen LogP contribution in [-0.2, 0) is 0 Å². The van der Waals surface area contributed by atoms with E-state index >= 15 is 0 Å². The Morgan fingerprint density at radius 2 is 1.60 bits per heavy atom. The predicted octanol–water partition coefficient (Wildman–Crippen LogP) is 4.51. The number of imide groups is 1. The molecule has 2 aromatic carbocycles. The van der Waals surface area contributed by atoms with Crippen molar-refractivity contribution in [1.29, 1.82) is 0 Å². The van der Waals surface area contributed by atoms with E-state index in [1.807, 2.05) is 0 Å². The number of carbonyl (C=O) groups is 2. The zero-order chi connectivity index (χ0) is 21.5. The van der Waals surface area contributed by atoms with Gasteiger partial charge in [-0.3, -0.25) is 10.1 Å². The normalized spacial score (nSPS) is 10.1. The van der Waals surface area contributed by atoms with E-state index in [4.69, 9.17) is 25.8 Å². The van der Waals surface area contributed by atoms with Crippen molar-refractivity contribution in [2.24, 2.45) is 0 Å². The van der Waals surface area contributed by atoms with Crippen molar-refractivity contribution in [3.05, 3.63) is 71.4 Å². The summed E-state index contributed by atoms with van der Waals surface area (Å²) in [5, 5.41) is 5.36. The molecule has 3 rings (SSSR count). The monoisotopic (exact) mass is 427 g/mol. The average Bonchev–Trinajstić information content (AvgIpc) is 2.75. The number of methoxy groups -OCH3 is 2. The first kappa shape index (κ1) is 20.9. The minimum atomic E-state index is -0.735. The second-order valence-electron chi connectivity index (χ2n) is 5.89. The van der Waals surface area contributed by atoms with Crippen molar-refractivity contribution in [3.63, 3.8) is 0 Å². The zero-order valence-corrected chi connectivity index (χ0v) is 16.9. The summed E-state index contributed by atoms with van der Waals surface area (Å²) in [6, 6.07) is 14.1. The second-order valence-corrected chi connectivity index (χ2v) is 6.32. The van der Waals surface area contributed by atoms with Crippen molar-refractivity contribution in [3.8, 4) is 23.1 Å². The first-order valence-electron chi connectivity index (χ1n) is 8.73. The Labute approximate surface area is 177 Å². The first-order chi connectivity index (χ1) is 14.5. The van der Waals surface area contributed by atoms with Crippen molar-refractivity contribution >= 4 is 29.2 Å². The van der Waals surface area contributed by atoms with Crippen LogP contribution in [0.25, 0.3) is 0 Å². The molecule has 0 bridgehead atoms. The molecule has 0 radical (unpaired) electrons. The maximum Gasteiger partial charge on any atom is 0.326 e. The lowest BCUT2D eigenvalue weighted by Crippen LogP contribution is -2.34. The highest BCUT2D eigenvalue weighted by Gasteiger charge is 2.20. The van der Waals surface area contributed by atoms with E-state index in [0.717, 1.165) is 0 Å². The maximum atomic E-state index is 12.5. The molecule has 0 aliphatic carbocycles. The fourth-order valence-electron chi connectivity index (χ4n) is 2.54. The summed E-state index contributed by atoms with van der Waals surface area (Å²) in [5.41, 5.74) is 0.484. The summed E-state index contributed by atoms with van der Waals surface area (Å²) in [6.45, 7) is 0. The number of pyridine rings is 1. The van der Waals surface area contributed by atoms with Crippen LogP contribution in [0.2, 0.25) is 5.02 Å². The van der Waals surface area contributed by atoms with Crippen molar-refractivity contribution < 1.29 is 23.8 Å². The highest BCUT2D eigenvalue weighted by molar-refractivity contribution is 6.30. The van der Waals surface area contributed by atoms with Gasteiger partial charge in [0.05, 0.1) is 26.1 Å². The molecule has 3 aromatic rings. The summed E-state index contributed by atoms with van der Waals surface area (Å²) in [7, 11) is 2.84. The Hall–Kier alpha value is -3.78. The van der Waals surface area contributed by atoms with Gasteiger partial charge in [0.1, 0.15) is 22.8 Å². The standard InChI is InChI=1S/C21H18ClN3O5/c1-28-16-4-3-5-17(29-2)19(16)20(26)25-21(27)24-14-8-11-18(23-12-14)30-15-9-6-13(22)7-10-15/h3-12H,1-2H3,(H2,24,25,26,27). The third kappa shape index (κ3) is 5.18. The fraction of sp³-hybridized carbons (Fsp3) is 0.0952. The molecule has 3 amide bonds. The van der Waals surface area contributed by atoms with Crippen LogP contribution >= 0.6 is 11.6 Å². The number of halogens is 1. The number of nitrogens with zero attached hydrogens (tertiary/aromatic N) is 1. The number of benzene rings is 2. The molecule has 0 fully saturated rings. The van der Waals surface area contributed by atoms with Gasteiger partial charge in [0.15, 0.2) is 0 Å². The van der Waals surface area contributed by atoms with Crippen LogP contribution in [0, 0.1) is 0 Å². The lowest BCUT2D eigenvalue weighted by Gasteiger charge is -2.13. The molecule has 2 N–H and O–H groups in total. The quantitative estimate of drug-likeness (QED) is 0.600. The Morgan fingerprint density at radius 1 is 0.933 bits per heavy atom. The Balaban J connectivity index is 1.62. The second kappa shape index (κ2) is 9.62. The molecule has 0 unspecified atom stereocenters. The maximum absolute atomic E-state index is 12.5. The molecule has 8 nitrogen and oxygen atoms in total. The zero-order valence-electron chi connectivity index (χ0n) is 16.1. The molecular formula is C21H18ClN3O5. The molecule has 0 saturated carbocycles. The van der Waals surface area contributed by atoms with Crippen LogP contribution in [0.3, 0.4) is 0 Å². The number of hydrogen-bond donors (Lipinski definition) is 2. The molecule has 0 aliphatic heterocycles. The topological polar surface area (TPSA) is 98.8 Å². The van der Waals surface area contributed by atoms with Crippen LogP contribution in [0.5, 0.6) is 23.1 Å². The minimum absolute atomic E-state index is 0.113.